The zero-order valence-electron chi connectivity index (χ0n) is 8.97. The van der Waals surface area contributed by atoms with E-state index in [1.54, 1.807) is 37.9 Å². The molecule has 1 atom stereocenters. The third-order valence-electron chi connectivity index (χ3n) is 1.69. The van der Waals surface area contributed by atoms with Crippen molar-refractivity contribution in [2.45, 2.75) is 6.92 Å². The van der Waals surface area contributed by atoms with Gasteiger partial charge in [0, 0.05) is 11.7 Å². The Labute approximate surface area is 105 Å². The van der Waals surface area contributed by atoms with Crippen LogP contribution in [0.25, 0.3) is 0 Å². The SMILES string of the molecule is CCOP(C)(=S)OC(=O)c1ccc(Cl)cc1. The van der Waals surface area contributed by atoms with E-state index in [1.165, 1.54) is 0 Å². The van der Waals surface area contributed by atoms with Crippen LogP contribution < -0.4 is 0 Å². The van der Waals surface area contributed by atoms with Crippen molar-refractivity contribution in [3.05, 3.63) is 34.9 Å². The van der Waals surface area contributed by atoms with E-state index in [2.05, 4.69) is 0 Å². The molecule has 1 rings (SSSR count). The molecular formula is C10H12ClO3PS. The molecule has 1 aromatic carbocycles. The van der Waals surface area contributed by atoms with Crippen LogP contribution in [0.2, 0.25) is 5.02 Å². The van der Waals surface area contributed by atoms with Crippen LogP contribution >= 0.6 is 18.1 Å². The van der Waals surface area contributed by atoms with Crippen LogP contribution in [0, 0.1) is 0 Å². The monoisotopic (exact) mass is 278 g/mol. The number of rotatable bonds is 4. The second kappa shape index (κ2) is 5.78. The topological polar surface area (TPSA) is 35.5 Å². The molecule has 0 aliphatic heterocycles. The standard InChI is InChI=1S/C10H12ClO3PS/c1-3-13-15(2,16)14-10(12)8-4-6-9(11)7-5-8/h4-7H,3H2,1-2H3. The first kappa shape index (κ1) is 13.7. The van der Waals surface area contributed by atoms with E-state index >= 15 is 0 Å². The van der Waals surface area contributed by atoms with E-state index in [1.807, 2.05) is 0 Å². The van der Waals surface area contributed by atoms with Crippen molar-refractivity contribution in [3.63, 3.8) is 0 Å². The number of halogens is 1. The molecule has 1 aromatic rings. The van der Waals surface area contributed by atoms with Gasteiger partial charge in [0.25, 0.3) is 0 Å². The molecule has 0 heterocycles. The minimum absolute atomic E-state index is 0.417. The average Bonchev–Trinajstić information content (AvgIpc) is 2.17. The average molecular weight is 279 g/mol. The van der Waals surface area contributed by atoms with Gasteiger partial charge in [-0.25, -0.2) is 4.79 Å². The molecule has 0 aromatic heterocycles. The van der Waals surface area contributed by atoms with Crippen molar-refractivity contribution in [3.8, 4) is 0 Å². The van der Waals surface area contributed by atoms with Crippen molar-refractivity contribution in [1.82, 2.24) is 0 Å². The largest absolute Gasteiger partial charge is 0.409 e. The Morgan fingerprint density at radius 2 is 2.00 bits per heavy atom. The fourth-order valence-corrected chi connectivity index (χ4v) is 2.62. The zero-order valence-corrected chi connectivity index (χ0v) is 11.4. The van der Waals surface area contributed by atoms with Gasteiger partial charge in [0.1, 0.15) is 0 Å². The van der Waals surface area contributed by atoms with Crippen LogP contribution in [0.5, 0.6) is 0 Å². The lowest BCUT2D eigenvalue weighted by Gasteiger charge is -2.16. The van der Waals surface area contributed by atoms with E-state index in [-0.39, 0.29) is 0 Å². The Morgan fingerprint density at radius 1 is 1.44 bits per heavy atom. The molecule has 3 nitrogen and oxygen atoms in total. The van der Waals surface area contributed by atoms with Gasteiger partial charge in [-0.05, 0) is 43.0 Å². The Balaban J connectivity index is 2.73. The molecule has 0 N–H and O–H groups in total. The molecule has 0 aliphatic rings. The molecule has 16 heavy (non-hydrogen) atoms. The molecule has 0 bridgehead atoms. The molecule has 88 valence electrons. The van der Waals surface area contributed by atoms with Gasteiger partial charge in [-0.3, -0.25) is 0 Å². The van der Waals surface area contributed by atoms with E-state index in [0.717, 1.165) is 0 Å². The van der Waals surface area contributed by atoms with E-state index in [4.69, 9.17) is 32.5 Å². The van der Waals surface area contributed by atoms with Crippen LogP contribution in [0.3, 0.4) is 0 Å². The summed E-state index contributed by atoms with van der Waals surface area (Å²) < 4.78 is 10.3. The Hall–Kier alpha value is -0.410. The van der Waals surface area contributed by atoms with Crippen LogP contribution in [0.4, 0.5) is 0 Å². The van der Waals surface area contributed by atoms with Gasteiger partial charge in [0.2, 0.25) is 6.49 Å². The molecular weight excluding hydrogens is 267 g/mol. The third kappa shape index (κ3) is 4.22. The van der Waals surface area contributed by atoms with Crippen molar-refractivity contribution >= 4 is 35.9 Å². The predicted molar refractivity (Wildman–Crippen MR) is 68.7 cm³/mol. The number of hydrogen-bond donors (Lipinski definition) is 0. The highest BCUT2D eigenvalue weighted by molar-refractivity contribution is 8.09. The van der Waals surface area contributed by atoms with Gasteiger partial charge in [-0.2, -0.15) is 0 Å². The minimum atomic E-state index is -2.48. The molecule has 1 unspecified atom stereocenters. The van der Waals surface area contributed by atoms with Gasteiger partial charge in [0.15, 0.2) is 0 Å². The molecule has 0 radical (unpaired) electrons. The molecule has 0 saturated heterocycles. The first-order chi connectivity index (χ1) is 7.44. The van der Waals surface area contributed by atoms with Crippen molar-refractivity contribution in [2.24, 2.45) is 0 Å². The quantitative estimate of drug-likeness (QED) is 0.790. The fraction of sp³-hybridized carbons (Fsp3) is 0.300. The van der Waals surface area contributed by atoms with Gasteiger partial charge >= 0.3 is 5.97 Å². The highest BCUT2D eigenvalue weighted by Crippen LogP contribution is 2.44. The third-order valence-corrected chi connectivity index (χ3v) is 3.71. The first-order valence-corrected chi connectivity index (χ1v) is 8.12. The fourth-order valence-electron chi connectivity index (χ4n) is 1.05. The van der Waals surface area contributed by atoms with E-state index in [9.17, 15) is 4.79 Å². The second-order valence-electron chi connectivity index (χ2n) is 3.07. The van der Waals surface area contributed by atoms with Crippen LogP contribution in [-0.2, 0) is 20.9 Å². The molecule has 0 saturated carbocycles. The van der Waals surface area contributed by atoms with E-state index < -0.39 is 12.5 Å². The summed E-state index contributed by atoms with van der Waals surface area (Å²) in [6.45, 7) is 1.39. The first-order valence-electron chi connectivity index (χ1n) is 4.66. The van der Waals surface area contributed by atoms with Crippen LogP contribution in [-0.4, -0.2) is 19.2 Å². The predicted octanol–water partition coefficient (Wildman–Crippen LogP) is 3.47. The Morgan fingerprint density at radius 3 is 2.50 bits per heavy atom. The lowest BCUT2D eigenvalue weighted by atomic mass is 10.2. The number of carbonyl (C=O) groups is 1. The summed E-state index contributed by atoms with van der Waals surface area (Å²) in [4.78, 5) is 11.7. The molecule has 0 amide bonds. The number of hydrogen-bond acceptors (Lipinski definition) is 4. The highest BCUT2D eigenvalue weighted by atomic mass is 35.5. The Kier molecular flexibility index (Phi) is 4.93. The second-order valence-corrected chi connectivity index (χ2v) is 7.48. The van der Waals surface area contributed by atoms with Crippen molar-refractivity contribution < 1.29 is 13.8 Å². The maximum absolute atomic E-state index is 11.7. The molecule has 0 aliphatic carbocycles. The summed E-state index contributed by atoms with van der Waals surface area (Å²) in [5, 5.41) is 0.567. The highest BCUT2D eigenvalue weighted by Gasteiger charge is 2.17. The summed E-state index contributed by atoms with van der Waals surface area (Å²) in [7, 11) is 0. The van der Waals surface area contributed by atoms with Crippen LogP contribution in [0.1, 0.15) is 17.3 Å². The van der Waals surface area contributed by atoms with Gasteiger partial charge in [-0.1, -0.05) is 11.6 Å². The minimum Gasteiger partial charge on any atom is -0.409 e. The van der Waals surface area contributed by atoms with Crippen LogP contribution in [0.15, 0.2) is 24.3 Å². The normalized spacial score (nSPS) is 14.2. The summed E-state index contributed by atoms with van der Waals surface area (Å²) >= 11 is 10.8. The molecule has 0 fully saturated rings. The Bertz CT molecular complexity index is 419. The molecule has 6 heteroatoms. The summed E-state index contributed by atoms with van der Waals surface area (Å²) in [5.74, 6) is -0.476. The smallest absolute Gasteiger partial charge is 0.343 e. The zero-order chi connectivity index (χ0) is 12.2. The summed E-state index contributed by atoms with van der Waals surface area (Å²) in [6, 6.07) is 6.42. The van der Waals surface area contributed by atoms with E-state index in [0.29, 0.717) is 17.2 Å². The number of carbonyl (C=O) groups excluding carboxylic acids is 1. The maximum atomic E-state index is 11.7. The lowest BCUT2D eigenvalue weighted by molar-refractivity contribution is 0.0729. The maximum Gasteiger partial charge on any atom is 0.343 e. The van der Waals surface area contributed by atoms with Gasteiger partial charge < -0.3 is 9.05 Å². The number of benzene rings is 1. The van der Waals surface area contributed by atoms with Crippen molar-refractivity contribution in [1.29, 1.82) is 0 Å². The van der Waals surface area contributed by atoms with Gasteiger partial charge in [0.05, 0.1) is 12.2 Å². The van der Waals surface area contributed by atoms with Crippen molar-refractivity contribution in [2.75, 3.05) is 13.3 Å². The lowest BCUT2D eigenvalue weighted by Crippen LogP contribution is -2.04. The summed E-state index contributed by atoms with van der Waals surface area (Å²) in [5.41, 5.74) is 0.417. The summed E-state index contributed by atoms with van der Waals surface area (Å²) in [6.07, 6.45) is 0. The molecule has 0 spiro atoms. The van der Waals surface area contributed by atoms with Gasteiger partial charge in [-0.15, -0.1) is 0 Å².